The van der Waals surface area contributed by atoms with E-state index in [1.54, 1.807) is 32.0 Å². The van der Waals surface area contributed by atoms with Crippen LogP contribution in [0, 0.1) is 0 Å². The Bertz CT molecular complexity index is 1390. The molecule has 0 aliphatic rings. The number of hydrogen-bond donors (Lipinski definition) is 0. The lowest BCUT2D eigenvalue weighted by Gasteiger charge is -2.25. The molecule has 0 bridgehead atoms. The zero-order valence-corrected chi connectivity index (χ0v) is 18.7. The van der Waals surface area contributed by atoms with Crippen molar-refractivity contribution in [1.82, 2.24) is 29.7 Å². The molecule has 0 aliphatic heterocycles. The van der Waals surface area contributed by atoms with E-state index in [9.17, 15) is 30.7 Å². The summed E-state index contributed by atoms with van der Waals surface area (Å²) in [7, 11) is 0. The minimum atomic E-state index is -4.87. The van der Waals surface area contributed by atoms with Gasteiger partial charge in [0.1, 0.15) is 6.67 Å². The summed E-state index contributed by atoms with van der Waals surface area (Å²) in [6, 6.07) is 9.90. The molecular formula is C23H17F7N6. The summed E-state index contributed by atoms with van der Waals surface area (Å²) in [5.41, 5.74) is -3.18. The first-order chi connectivity index (χ1) is 16.8. The number of hydrogen-bond acceptors (Lipinski definition) is 5. The minimum Gasteiger partial charge on any atom is -0.252 e. The van der Waals surface area contributed by atoms with E-state index < -0.39 is 47.2 Å². The molecule has 0 saturated carbocycles. The first-order valence-electron chi connectivity index (χ1n) is 10.4. The van der Waals surface area contributed by atoms with Gasteiger partial charge in [0.25, 0.3) is 0 Å². The number of halogens is 7. The van der Waals surface area contributed by atoms with Gasteiger partial charge in [0.05, 0.1) is 17.1 Å². The molecule has 0 aliphatic carbocycles. The maximum absolute atomic E-state index is 13.6. The molecule has 0 saturated heterocycles. The highest BCUT2D eigenvalue weighted by Gasteiger charge is 2.37. The highest BCUT2D eigenvalue weighted by atomic mass is 19.4. The Hall–Kier alpha value is -3.90. The molecule has 4 rings (SSSR count). The van der Waals surface area contributed by atoms with E-state index in [4.69, 9.17) is 0 Å². The fourth-order valence-corrected chi connectivity index (χ4v) is 3.45. The van der Waals surface area contributed by atoms with Crippen LogP contribution in [0.2, 0.25) is 0 Å². The van der Waals surface area contributed by atoms with Crippen LogP contribution in [0.3, 0.4) is 0 Å². The zero-order chi connectivity index (χ0) is 26.3. The van der Waals surface area contributed by atoms with Crippen molar-refractivity contribution in [1.29, 1.82) is 0 Å². The van der Waals surface area contributed by atoms with Gasteiger partial charge < -0.3 is 0 Å². The molecular weight excluding hydrogens is 493 g/mol. The largest absolute Gasteiger partial charge is 0.435 e. The second kappa shape index (κ2) is 8.95. The lowest BCUT2D eigenvalue weighted by Crippen LogP contribution is -2.23. The van der Waals surface area contributed by atoms with Crippen LogP contribution < -0.4 is 0 Å². The Morgan fingerprint density at radius 3 is 2.06 bits per heavy atom. The van der Waals surface area contributed by atoms with Gasteiger partial charge in [-0.2, -0.15) is 31.4 Å². The molecule has 4 aromatic rings. The molecule has 0 atom stereocenters. The molecule has 188 valence electrons. The third kappa shape index (κ3) is 4.90. The number of alkyl halides is 7. The number of nitrogens with zero attached hydrogens (tertiary/aromatic N) is 6. The first-order valence-corrected chi connectivity index (χ1v) is 10.4. The van der Waals surface area contributed by atoms with Crippen LogP contribution in [0.5, 0.6) is 0 Å². The Morgan fingerprint density at radius 1 is 0.778 bits per heavy atom. The lowest BCUT2D eigenvalue weighted by molar-refractivity contribution is -0.141. The summed E-state index contributed by atoms with van der Waals surface area (Å²) in [6.07, 6.45) is -7.49. The maximum Gasteiger partial charge on any atom is 0.435 e. The molecule has 6 nitrogen and oxygen atoms in total. The van der Waals surface area contributed by atoms with Crippen molar-refractivity contribution in [3.63, 3.8) is 0 Å². The average Bonchev–Trinajstić information content (AvgIpc) is 3.34. The molecule has 0 unspecified atom stereocenters. The van der Waals surface area contributed by atoms with Gasteiger partial charge in [-0.3, -0.25) is 4.98 Å². The molecule has 0 N–H and O–H groups in total. The van der Waals surface area contributed by atoms with E-state index in [0.29, 0.717) is 11.4 Å². The Labute approximate surface area is 199 Å². The van der Waals surface area contributed by atoms with Gasteiger partial charge in [-0.25, -0.2) is 24.0 Å². The predicted octanol–water partition coefficient (Wildman–Crippen LogP) is 5.95. The van der Waals surface area contributed by atoms with Crippen molar-refractivity contribution in [2.45, 2.75) is 38.3 Å². The van der Waals surface area contributed by atoms with E-state index in [0.717, 1.165) is 23.1 Å². The Kier molecular flexibility index (Phi) is 6.27. The standard InChI is InChI=1S/C23H17F7N6/c1-21(2,16-7-4-8-19(33-16)36-10-9-17(35-36)22(25,26)27)15-6-3-5-14(32-15)13-12-31-18(11-24)34-20(13)23(28,29)30/h3-10,12H,11H2,1-2H3. The Morgan fingerprint density at radius 2 is 1.44 bits per heavy atom. The van der Waals surface area contributed by atoms with Crippen molar-refractivity contribution in [3.05, 3.63) is 83.5 Å². The lowest BCUT2D eigenvalue weighted by atomic mass is 9.84. The average molecular weight is 510 g/mol. The van der Waals surface area contributed by atoms with Gasteiger partial charge in [0.2, 0.25) is 0 Å². The third-order valence-corrected chi connectivity index (χ3v) is 5.38. The minimum absolute atomic E-state index is 0.0867. The molecule has 4 heterocycles. The summed E-state index contributed by atoms with van der Waals surface area (Å²) in [5, 5.41) is 3.51. The fraction of sp³-hybridized carbons (Fsp3) is 0.261. The van der Waals surface area contributed by atoms with Crippen molar-refractivity contribution in [3.8, 4) is 17.1 Å². The van der Waals surface area contributed by atoms with Crippen molar-refractivity contribution < 1.29 is 30.7 Å². The molecule has 0 spiro atoms. The third-order valence-electron chi connectivity index (χ3n) is 5.38. The van der Waals surface area contributed by atoms with Gasteiger partial charge in [-0.1, -0.05) is 12.1 Å². The van der Waals surface area contributed by atoms with Crippen molar-refractivity contribution >= 4 is 0 Å². The smallest absolute Gasteiger partial charge is 0.252 e. The van der Waals surface area contributed by atoms with Crippen LogP contribution in [0.1, 0.15) is 42.4 Å². The molecule has 36 heavy (non-hydrogen) atoms. The summed E-state index contributed by atoms with van der Waals surface area (Å²) >= 11 is 0. The maximum atomic E-state index is 13.6. The van der Waals surface area contributed by atoms with Crippen LogP contribution in [-0.2, 0) is 24.4 Å². The SMILES string of the molecule is CC(C)(c1cccc(-c2cnc(CF)nc2C(F)(F)F)n1)c1cccc(-n2ccc(C(F)(F)F)n2)n1. The highest BCUT2D eigenvalue weighted by molar-refractivity contribution is 5.62. The van der Waals surface area contributed by atoms with Crippen LogP contribution in [0.15, 0.2) is 54.9 Å². The fourth-order valence-electron chi connectivity index (χ4n) is 3.45. The number of aromatic nitrogens is 6. The molecule has 4 aromatic heterocycles. The van der Waals surface area contributed by atoms with E-state index in [1.165, 1.54) is 18.2 Å². The van der Waals surface area contributed by atoms with Crippen LogP contribution in [0.4, 0.5) is 30.7 Å². The first kappa shape index (κ1) is 25.2. The summed E-state index contributed by atoms with van der Waals surface area (Å²) in [6.45, 7) is 2.16. The molecule has 0 fully saturated rings. The van der Waals surface area contributed by atoms with E-state index >= 15 is 0 Å². The van der Waals surface area contributed by atoms with E-state index in [1.807, 2.05) is 0 Å². The highest BCUT2D eigenvalue weighted by Crippen LogP contribution is 2.36. The molecule has 0 amide bonds. The molecule has 13 heteroatoms. The summed E-state index contributed by atoms with van der Waals surface area (Å²) in [4.78, 5) is 15.7. The zero-order valence-electron chi connectivity index (χ0n) is 18.7. The van der Waals surface area contributed by atoms with Crippen LogP contribution in [0.25, 0.3) is 17.1 Å². The van der Waals surface area contributed by atoms with E-state index in [-0.39, 0.29) is 11.5 Å². The van der Waals surface area contributed by atoms with Gasteiger partial charge in [-0.15, -0.1) is 0 Å². The normalized spacial score (nSPS) is 12.7. The quantitative estimate of drug-likeness (QED) is 0.310. The predicted molar refractivity (Wildman–Crippen MR) is 114 cm³/mol. The van der Waals surface area contributed by atoms with Crippen molar-refractivity contribution in [2.75, 3.05) is 0 Å². The monoisotopic (exact) mass is 510 g/mol. The van der Waals surface area contributed by atoms with E-state index in [2.05, 4.69) is 25.0 Å². The molecule has 0 radical (unpaired) electrons. The number of pyridine rings is 2. The summed E-state index contributed by atoms with van der Waals surface area (Å²) < 4.78 is 93.4. The van der Waals surface area contributed by atoms with Gasteiger partial charge in [0.15, 0.2) is 23.0 Å². The van der Waals surface area contributed by atoms with Gasteiger partial charge in [0, 0.05) is 23.4 Å². The van der Waals surface area contributed by atoms with Gasteiger partial charge in [-0.05, 0) is 44.2 Å². The second-order valence-electron chi connectivity index (χ2n) is 8.24. The summed E-state index contributed by atoms with van der Waals surface area (Å²) in [5.74, 6) is -0.488. The van der Waals surface area contributed by atoms with Crippen molar-refractivity contribution in [2.24, 2.45) is 0 Å². The van der Waals surface area contributed by atoms with Crippen LogP contribution >= 0.6 is 0 Å². The number of rotatable bonds is 5. The second-order valence-corrected chi connectivity index (χ2v) is 8.24. The van der Waals surface area contributed by atoms with Gasteiger partial charge >= 0.3 is 12.4 Å². The topological polar surface area (TPSA) is 69.4 Å². The van der Waals surface area contributed by atoms with Crippen LogP contribution in [-0.4, -0.2) is 29.7 Å². The Balaban J connectivity index is 1.74. The molecule has 0 aromatic carbocycles.